The maximum atomic E-state index is 3.26. The molecule has 1 heteroatoms. The van der Waals surface area contributed by atoms with Crippen LogP contribution in [-0.2, 0) is 0 Å². The highest BCUT2D eigenvalue weighted by Crippen LogP contribution is 2.23. The maximum absolute atomic E-state index is 3.26. The zero-order valence-electron chi connectivity index (χ0n) is 7.73. The Morgan fingerprint density at radius 1 is 1.00 bits per heavy atom. The van der Waals surface area contributed by atoms with E-state index in [1.165, 1.54) is 27.6 Å². The Hall–Kier alpha value is -1.24. The van der Waals surface area contributed by atoms with Crippen molar-refractivity contribution in [2.24, 2.45) is 0 Å². The van der Waals surface area contributed by atoms with Crippen molar-refractivity contribution in [2.45, 2.75) is 20.8 Å². The Morgan fingerprint density at radius 2 is 1.75 bits per heavy atom. The van der Waals surface area contributed by atoms with E-state index in [1.807, 2.05) is 0 Å². The Labute approximate surface area is 72.4 Å². The first kappa shape index (κ1) is 7.41. The fourth-order valence-corrected chi connectivity index (χ4v) is 1.70. The van der Waals surface area contributed by atoms with Crippen LogP contribution in [0.5, 0.6) is 0 Å². The maximum Gasteiger partial charge on any atom is 0.0459 e. The van der Waals surface area contributed by atoms with Crippen molar-refractivity contribution in [3.8, 4) is 0 Å². The number of benzene rings is 1. The summed E-state index contributed by atoms with van der Waals surface area (Å²) in [6.45, 7) is 6.48. The third kappa shape index (κ3) is 0.860. The van der Waals surface area contributed by atoms with Gasteiger partial charge in [0.1, 0.15) is 0 Å². The molecule has 0 aliphatic carbocycles. The van der Waals surface area contributed by atoms with E-state index in [-0.39, 0.29) is 0 Å². The Bertz CT molecular complexity index is 424. The van der Waals surface area contributed by atoms with Crippen molar-refractivity contribution < 1.29 is 0 Å². The van der Waals surface area contributed by atoms with Gasteiger partial charge in [0.25, 0.3) is 0 Å². The van der Waals surface area contributed by atoms with Gasteiger partial charge >= 0.3 is 0 Å². The normalized spacial score (nSPS) is 10.9. The van der Waals surface area contributed by atoms with Crippen LogP contribution in [0.25, 0.3) is 10.9 Å². The van der Waals surface area contributed by atoms with Gasteiger partial charge in [-0.25, -0.2) is 0 Å². The molecule has 0 saturated carbocycles. The van der Waals surface area contributed by atoms with Crippen LogP contribution in [0.3, 0.4) is 0 Å². The lowest BCUT2D eigenvalue weighted by molar-refractivity contribution is 1.37. The molecule has 2 aromatic rings. The van der Waals surface area contributed by atoms with Crippen LogP contribution in [0.2, 0.25) is 0 Å². The molecular weight excluding hydrogens is 146 g/mol. The first-order valence-electron chi connectivity index (χ1n) is 4.24. The number of rotatable bonds is 0. The second-order valence-corrected chi connectivity index (χ2v) is 3.40. The van der Waals surface area contributed by atoms with Crippen molar-refractivity contribution in [3.63, 3.8) is 0 Å². The van der Waals surface area contributed by atoms with Gasteiger partial charge in [-0.15, -0.1) is 0 Å². The van der Waals surface area contributed by atoms with E-state index < -0.39 is 0 Å². The van der Waals surface area contributed by atoms with E-state index in [0.29, 0.717) is 0 Å². The van der Waals surface area contributed by atoms with Crippen molar-refractivity contribution >= 4 is 10.9 Å². The zero-order valence-corrected chi connectivity index (χ0v) is 7.73. The van der Waals surface area contributed by atoms with Crippen LogP contribution < -0.4 is 0 Å². The van der Waals surface area contributed by atoms with Crippen LogP contribution in [-0.4, -0.2) is 4.98 Å². The second-order valence-electron chi connectivity index (χ2n) is 3.40. The van der Waals surface area contributed by atoms with Crippen LogP contribution in [0.15, 0.2) is 18.3 Å². The number of aryl methyl sites for hydroxylation is 3. The third-order valence-corrected chi connectivity index (χ3v) is 2.57. The number of H-pyrrole nitrogens is 1. The summed E-state index contributed by atoms with van der Waals surface area (Å²) in [5, 5.41) is 1.38. The third-order valence-electron chi connectivity index (χ3n) is 2.57. The average molecular weight is 159 g/mol. The molecule has 0 radical (unpaired) electrons. The second kappa shape index (κ2) is 2.37. The summed E-state index contributed by atoms with van der Waals surface area (Å²) >= 11 is 0. The van der Waals surface area contributed by atoms with Crippen LogP contribution in [0.1, 0.15) is 16.7 Å². The summed E-state index contributed by atoms with van der Waals surface area (Å²) in [6.07, 6.45) is 2.07. The number of fused-ring (bicyclic) bond motifs is 1. The Morgan fingerprint density at radius 3 is 2.50 bits per heavy atom. The molecule has 0 spiro atoms. The molecular formula is C11H13N. The molecule has 0 aliphatic rings. The highest BCUT2D eigenvalue weighted by molar-refractivity contribution is 5.87. The summed E-state index contributed by atoms with van der Waals surface area (Å²) in [5.74, 6) is 0. The van der Waals surface area contributed by atoms with Crippen molar-refractivity contribution in [2.75, 3.05) is 0 Å². The van der Waals surface area contributed by atoms with E-state index in [2.05, 4.69) is 44.1 Å². The number of hydrogen-bond acceptors (Lipinski definition) is 0. The molecule has 2 rings (SSSR count). The van der Waals surface area contributed by atoms with Crippen molar-refractivity contribution in [1.82, 2.24) is 4.98 Å². The Balaban J connectivity index is 2.96. The van der Waals surface area contributed by atoms with Gasteiger partial charge in [0.15, 0.2) is 0 Å². The molecule has 1 heterocycles. The van der Waals surface area contributed by atoms with Crippen molar-refractivity contribution in [3.05, 3.63) is 35.0 Å². The minimum absolute atomic E-state index is 1.25. The average Bonchev–Trinajstić information content (AvgIpc) is 2.41. The van der Waals surface area contributed by atoms with Gasteiger partial charge in [-0.1, -0.05) is 6.07 Å². The zero-order chi connectivity index (χ0) is 8.72. The fraction of sp³-hybridized carbons (Fsp3) is 0.273. The molecule has 0 fully saturated rings. The lowest BCUT2D eigenvalue weighted by Gasteiger charge is -2.01. The molecule has 1 aromatic carbocycles. The summed E-state index contributed by atoms with van der Waals surface area (Å²) in [6, 6.07) is 4.30. The highest BCUT2D eigenvalue weighted by atomic mass is 14.7. The number of hydrogen-bond donors (Lipinski definition) is 1. The minimum Gasteiger partial charge on any atom is -0.361 e. The Kier molecular flexibility index (Phi) is 1.47. The minimum atomic E-state index is 1.25. The molecule has 0 bridgehead atoms. The van der Waals surface area contributed by atoms with Gasteiger partial charge in [0.2, 0.25) is 0 Å². The summed E-state index contributed by atoms with van der Waals surface area (Å²) < 4.78 is 0. The van der Waals surface area contributed by atoms with Gasteiger partial charge in [-0.3, -0.25) is 0 Å². The van der Waals surface area contributed by atoms with E-state index in [9.17, 15) is 0 Å². The fourth-order valence-electron chi connectivity index (χ4n) is 1.70. The van der Waals surface area contributed by atoms with Gasteiger partial charge in [0, 0.05) is 17.1 Å². The van der Waals surface area contributed by atoms with Crippen molar-refractivity contribution in [1.29, 1.82) is 0 Å². The van der Waals surface area contributed by atoms with Crippen LogP contribution in [0, 0.1) is 20.8 Å². The van der Waals surface area contributed by atoms with E-state index >= 15 is 0 Å². The SMILES string of the molecule is Cc1ccc2[nH]cc(C)c2c1C. The molecule has 1 aromatic heterocycles. The molecule has 0 saturated heterocycles. The molecule has 62 valence electrons. The number of aromatic nitrogens is 1. The number of nitrogens with one attached hydrogen (secondary N) is 1. The molecule has 0 amide bonds. The molecule has 0 aliphatic heterocycles. The number of aromatic amines is 1. The predicted molar refractivity (Wildman–Crippen MR) is 52.5 cm³/mol. The monoisotopic (exact) mass is 159 g/mol. The molecule has 0 unspecified atom stereocenters. The smallest absolute Gasteiger partial charge is 0.0459 e. The predicted octanol–water partition coefficient (Wildman–Crippen LogP) is 3.09. The quantitative estimate of drug-likeness (QED) is 0.608. The largest absolute Gasteiger partial charge is 0.361 e. The molecule has 1 N–H and O–H groups in total. The van der Waals surface area contributed by atoms with Crippen LogP contribution in [0.4, 0.5) is 0 Å². The van der Waals surface area contributed by atoms with Crippen LogP contribution >= 0.6 is 0 Å². The molecule has 0 atom stereocenters. The first-order chi connectivity index (χ1) is 5.70. The summed E-state index contributed by atoms with van der Waals surface area (Å²) in [5.41, 5.74) is 5.35. The van der Waals surface area contributed by atoms with Gasteiger partial charge in [-0.2, -0.15) is 0 Å². The summed E-state index contributed by atoms with van der Waals surface area (Å²) in [7, 11) is 0. The molecule has 12 heavy (non-hydrogen) atoms. The first-order valence-corrected chi connectivity index (χ1v) is 4.24. The molecule has 1 nitrogen and oxygen atoms in total. The highest BCUT2D eigenvalue weighted by Gasteiger charge is 2.03. The van der Waals surface area contributed by atoms with Gasteiger partial charge < -0.3 is 4.98 Å². The van der Waals surface area contributed by atoms with Gasteiger partial charge in [-0.05, 0) is 43.5 Å². The topological polar surface area (TPSA) is 15.8 Å². The lowest BCUT2D eigenvalue weighted by atomic mass is 10.0. The van der Waals surface area contributed by atoms with E-state index in [0.717, 1.165) is 0 Å². The van der Waals surface area contributed by atoms with Gasteiger partial charge in [0.05, 0.1) is 0 Å². The lowest BCUT2D eigenvalue weighted by Crippen LogP contribution is -1.81. The standard InChI is InChI=1S/C11H13N/c1-7-4-5-10-11(9(7)3)8(2)6-12-10/h4-6,12H,1-3H3. The summed E-state index contributed by atoms with van der Waals surface area (Å²) in [4.78, 5) is 3.26. The van der Waals surface area contributed by atoms with E-state index in [1.54, 1.807) is 0 Å². The van der Waals surface area contributed by atoms with E-state index in [4.69, 9.17) is 0 Å².